The number of carbonyl (C=O) groups excluding carboxylic acids is 2. The van der Waals surface area contributed by atoms with Gasteiger partial charge in [-0.25, -0.2) is 8.42 Å². The number of carbonyl (C=O) groups is 2. The summed E-state index contributed by atoms with van der Waals surface area (Å²) in [6.07, 6.45) is 0.0802. The first kappa shape index (κ1) is 23.1. The summed E-state index contributed by atoms with van der Waals surface area (Å²) in [5.41, 5.74) is 0.131. The Morgan fingerprint density at radius 1 is 1.12 bits per heavy atom. The summed E-state index contributed by atoms with van der Waals surface area (Å²) in [6, 6.07) is 5.08. The highest BCUT2D eigenvalue weighted by molar-refractivity contribution is 14.1. The third kappa shape index (κ3) is 6.37. The highest BCUT2D eigenvalue weighted by atomic mass is 127. The number of halogens is 1. The minimum absolute atomic E-state index is 0.0207. The molecular weight excluding hydrogens is 497 g/mol. The van der Waals surface area contributed by atoms with E-state index in [0.717, 1.165) is 0 Å². The van der Waals surface area contributed by atoms with Crippen molar-refractivity contribution in [2.75, 3.05) is 18.0 Å². The molecule has 1 aromatic rings. The minimum Gasteiger partial charge on any atom is -0.320 e. The molecule has 0 heterocycles. The van der Waals surface area contributed by atoms with Crippen LogP contribution < -0.4 is 5.32 Å². The van der Waals surface area contributed by atoms with Gasteiger partial charge in [0, 0.05) is 15.6 Å². The second kappa shape index (κ2) is 10.4. The normalized spacial score (nSPS) is 14.2. The second-order valence-electron chi connectivity index (χ2n) is 5.48. The molecule has 0 saturated heterocycles. The third-order valence-corrected chi connectivity index (χ3v) is 6.50. The van der Waals surface area contributed by atoms with E-state index in [0.29, 0.717) is 11.0 Å². The zero-order chi connectivity index (χ0) is 19.9. The summed E-state index contributed by atoms with van der Waals surface area (Å²) in [5, 5.41) is 0.0302. The van der Waals surface area contributed by atoms with E-state index >= 15 is 0 Å². The van der Waals surface area contributed by atoms with Crippen LogP contribution in [0.4, 0.5) is 0 Å². The lowest BCUT2D eigenvalue weighted by Gasteiger charge is -2.12. The lowest BCUT2D eigenvalue weighted by Crippen LogP contribution is -2.30. The predicted molar refractivity (Wildman–Crippen MR) is 107 cm³/mol. The SMILES string of the molecule is CNCCC(C(=O)c1ccc(C(=O)C(CCI)S(=O)(=O)O)cc1)[SH](=O)=O. The first-order valence-corrected chi connectivity index (χ1v) is 11.9. The number of ketones is 2. The number of Topliss-reactive ketones (excluding diaryl/α,β-unsaturated/α-hetero) is 2. The quantitative estimate of drug-likeness (QED) is 0.129. The Kier molecular flexibility index (Phi) is 9.30. The molecule has 1 rings (SSSR count). The molecule has 0 fully saturated rings. The van der Waals surface area contributed by atoms with Crippen molar-refractivity contribution in [3.8, 4) is 0 Å². The maximum atomic E-state index is 12.3. The van der Waals surface area contributed by atoms with Gasteiger partial charge in [-0.15, -0.1) is 0 Å². The van der Waals surface area contributed by atoms with Gasteiger partial charge in [0.25, 0.3) is 10.1 Å². The van der Waals surface area contributed by atoms with Gasteiger partial charge in [-0.05, 0) is 26.4 Å². The maximum Gasteiger partial charge on any atom is 0.275 e. The van der Waals surface area contributed by atoms with Gasteiger partial charge in [0.1, 0.15) is 10.5 Å². The van der Waals surface area contributed by atoms with Crippen molar-refractivity contribution in [2.45, 2.75) is 23.3 Å². The molecule has 0 aliphatic heterocycles. The van der Waals surface area contributed by atoms with Gasteiger partial charge in [-0.3, -0.25) is 14.1 Å². The fourth-order valence-corrected chi connectivity index (χ4v) is 4.85. The van der Waals surface area contributed by atoms with Crippen LogP contribution in [0.2, 0.25) is 0 Å². The first-order valence-electron chi connectivity index (χ1n) is 7.62. The molecule has 0 aliphatic rings. The lowest BCUT2D eigenvalue weighted by molar-refractivity contribution is 0.0972. The molecule has 1 aromatic carbocycles. The van der Waals surface area contributed by atoms with Crippen molar-refractivity contribution in [3.05, 3.63) is 35.4 Å². The zero-order valence-electron chi connectivity index (χ0n) is 13.9. The molecule has 0 saturated carbocycles. The van der Waals surface area contributed by atoms with E-state index in [1.807, 2.05) is 22.6 Å². The van der Waals surface area contributed by atoms with Gasteiger partial charge in [-0.2, -0.15) is 8.42 Å². The molecule has 0 spiro atoms. The van der Waals surface area contributed by atoms with Gasteiger partial charge >= 0.3 is 0 Å². The summed E-state index contributed by atoms with van der Waals surface area (Å²) >= 11 is 1.90. The zero-order valence-corrected chi connectivity index (χ0v) is 17.8. The van der Waals surface area contributed by atoms with E-state index in [4.69, 9.17) is 0 Å². The van der Waals surface area contributed by atoms with Gasteiger partial charge in [-0.1, -0.05) is 46.9 Å². The summed E-state index contributed by atoms with van der Waals surface area (Å²) in [5.74, 6) is -1.36. The number of rotatable bonds is 11. The molecule has 0 bridgehead atoms. The monoisotopic (exact) mass is 517 g/mol. The van der Waals surface area contributed by atoms with Gasteiger partial charge in [0.15, 0.2) is 22.3 Å². The highest BCUT2D eigenvalue weighted by Crippen LogP contribution is 2.17. The summed E-state index contributed by atoms with van der Waals surface area (Å²) in [7, 11) is -5.86. The lowest BCUT2D eigenvalue weighted by atomic mass is 10.0. The van der Waals surface area contributed by atoms with Crippen LogP contribution in [0.25, 0.3) is 0 Å². The molecule has 0 amide bonds. The number of nitrogens with one attached hydrogen (secondary N) is 1. The van der Waals surface area contributed by atoms with Crippen molar-refractivity contribution in [1.29, 1.82) is 0 Å². The largest absolute Gasteiger partial charge is 0.320 e. The third-order valence-electron chi connectivity index (χ3n) is 3.70. The average Bonchev–Trinajstić information content (AvgIpc) is 2.58. The Morgan fingerprint density at radius 3 is 2.00 bits per heavy atom. The molecule has 146 valence electrons. The molecule has 0 radical (unpaired) electrons. The Hall–Kier alpha value is -0.890. The molecule has 0 aromatic heterocycles. The van der Waals surface area contributed by atoms with Crippen molar-refractivity contribution in [2.24, 2.45) is 0 Å². The Labute approximate surface area is 167 Å². The fraction of sp³-hybridized carbons (Fsp3) is 0.467. The molecule has 11 heteroatoms. The van der Waals surface area contributed by atoms with E-state index in [-0.39, 0.29) is 24.0 Å². The molecule has 8 nitrogen and oxygen atoms in total. The van der Waals surface area contributed by atoms with Gasteiger partial charge < -0.3 is 5.32 Å². The van der Waals surface area contributed by atoms with Crippen LogP contribution in [-0.2, 0) is 20.8 Å². The number of benzene rings is 1. The standard InChI is InChI=1S/C15H20INO7S2/c1-17-9-7-12(25(20)21)14(18)10-2-4-11(5-3-10)15(19)13(6-8-16)26(22,23)24/h2-5,12-13,17,25H,6-9H2,1H3,(H,22,23,24). The molecular formula is C15H20INO7S2. The molecule has 26 heavy (non-hydrogen) atoms. The summed E-state index contributed by atoms with van der Waals surface area (Å²) in [4.78, 5) is 24.6. The van der Waals surface area contributed by atoms with Crippen LogP contribution in [0.5, 0.6) is 0 Å². The topological polar surface area (TPSA) is 135 Å². The minimum atomic E-state index is -4.54. The van der Waals surface area contributed by atoms with Crippen LogP contribution in [0.1, 0.15) is 33.6 Å². The fourth-order valence-electron chi connectivity index (χ4n) is 2.30. The summed E-state index contributed by atoms with van der Waals surface area (Å²) < 4.78 is 54.9. The first-order chi connectivity index (χ1) is 12.1. The predicted octanol–water partition coefficient (Wildman–Crippen LogP) is 0.723. The molecule has 0 aliphatic carbocycles. The Bertz CT molecular complexity index is 811. The molecule has 2 atom stereocenters. The van der Waals surface area contributed by atoms with E-state index in [2.05, 4.69) is 5.32 Å². The summed E-state index contributed by atoms with van der Waals surface area (Å²) in [6.45, 7) is 0.350. The van der Waals surface area contributed by atoms with Crippen molar-refractivity contribution in [1.82, 2.24) is 5.32 Å². The van der Waals surface area contributed by atoms with E-state index in [1.54, 1.807) is 7.05 Å². The van der Waals surface area contributed by atoms with Crippen molar-refractivity contribution in [3.63, 3.8) is 0 Å². The molecule has 2 unspecified atom stereocenters. The van der Waals surface area contributed by atoms with Crippen LogP contribution >= 0.6 is 22.6 Å². The Balaban J connectivity index is 3.06. The van der Waals surface area contributed by atoms with Crippen LogP contribution in [0.3, 0.4) is 0 Å². The molecule has 2 N–H and O–H groups in total. The van der Waals surface area contributed by atoms with E-state index in [9.17, 15) is 31.0 Å². The number of hydrogen-bond acceptors (Lipinski definition) is 7. The highest BCUT2D eigenvalue weighted by Gasteiger charge is 2.31. The number of alkyl halides is 1. The van der Waals surface area contributed by atoms with Crippen LogP contribution in [0, 0.1) is 0 Å². The van der Waals surface area contributed by atoms with Crippen LogP contribution in [0.15, 0.2) is 24.3 Å². The average molecular weight is 517 g/mol. The van der Waals surface area contributed by atoms with E-state index in [1.165, 1.54) is 24.3 Å². The van der Waals surface area contributed by atoms with E-state index < -0.39 is 42.9 Å². The smallest absolute Gasteiger partial charge is 0.275 e. The van der Waals surface area contributed by atoms with Gasteiger partial charge in [0.05, 0.1) is 0 Å². The van der Waals surface area contributed by atoms with Gasteiger partial charge in [0.2, 0.25) is 0 Å². The van der Waals surface area contributed by atoms with Crippen molar-refractivity contribution >= 4 is 55.0 Å². The number of hydrogen-bond donors (Lipinski definition) is 3. The second-order valence-corrected chi connectivity index (χ2v) is 9.35. The van der Waals surface area contributed by atoms with Crippen LogP contribution in [-0.4, -0.2) is 61.5 Å². The van der Waals surface area contributed by atoms with Crippen molar-refractivity contribution < 1.29 is 31.0 Å². The Morgan fingerprint density at radius 2 is 1.62 bits per heavy atom. The number of thiol groups is 1. The maximum absolute atomic E-state index is 12.3.